The van der Waals surface area contributed by atoms with Crippen LogP contribution >= 0.6 is 23.5 Å². The summed E-state index contributed by atoms with van der Waals surface area (Å²) in [6, 6.07) is 18.9. The largest absolute Gasteiger partial charge is 0.355 e. The van der Waals surface area contributed by atoms with Gasteiger partial charge in [-0.3, -0.25) is 14.3 Å². The fraction of sp³-hybridized carbons (Fsp3) is 0.333. The first-order chi connectivity index (χ1) is 14.3. The molecule has 0 saturated heterocycles. The van der Waals surface area contributed by atoms with Crippen LogP contribution in [0.5, 0.6) is 0 Å². The Bertz CT molecular complexity index is 922. The molecule has 0 bridgehead atoms. The van der Waals surface area contributed by atoms with Crippen molar-refractivity contribution in [2.24, 2.45) is 0 Å². The smallest absolute Gasteiger partial charge is 0.246 e. The molecule has 2 aromatic rings. The Labute approximate surface area is 186 Å². The molecule has 0 unspecified atom stereocenters. The second-order valence-corrected chi connectivity index (χ2v) is 11.2. The maximum atomic E-state index is 12.2. The minimum atomic E-state index is -3.75. The Kier molecular flexibility index (Phi) is 9.74. The average molecular weight is 467 g/mol. The molecule has 0 aromatic heterocycles. The second kappa shape index (κ2) is 12.0. The highest BCUT2D eigenvalue weighted by Gasteiger charge is 2.21. The lowest BCUT2D eigenvalue weighted by Gasteiger charge is -2.13. The van der Waals surface area contributed by atoms with Crippen molar-refractivity contribution in [2.75, 3.05) is 12.3 Å². The summed E-state index contributed by atoms with van der Waals surface area (Å²) in [6.07, 6.45) is 0.220. The molecule has 0 aliphatic heterocycles. The molecule has 0 heterocycles. The van der Waals surface area contributed by atoms with Crippen molar-refractivity contribution in [3.05, 3.63) is 60.7 Å². The first-order valence-electron chi connectivity index (χ1n) is 9.52. The van der Waals surface area contributed by atoms with E-state index in [1.807, 2.05) is 60.7 Å². The Morgan fingerprint density at radius 2 is 1.30 bits per heavy atom. The molecule has 0 fully saturated rings. The minimum absolute atomic E-state index is 0.154. The fourth-order valence-electron chi connectivity index (χ4n) is 2.42. The van der Waals surface area contributed by atoms with Crippen LogP contribution in [0.15, 0.2) is 70.5 Å². The van der Waals surface area contributed by atoms with Gasteiger partial charge in [-0.15, -0.1) is 23.5 Å². The SMILES string of the molecule is C[C@H](Sc1ccccc1)C(=O)NCCCS(=O)(=O)NC(=O)[C@@H](C)Sc1ccccc1. The van der Waals surface area contributed by atoms with Crippen LogP contribution in [0.3, 0.4) is 0 Å². The van der Waals surface area contributed by atoms with Crippen molar-refractivity contribution >= 4 is 45.4 Å². The van der Waals surface area contributed by atoms with Crippen molar-refractivity contribution in [3.63, 3.8) is 0 Å². The topological polar surface area (TPSA) is 92.3 Å². The fourth-order valence-corrected chi connectivity index (χ4v) is 5.40. The van der Waals surface area contributed by atoms with Crippen LogP contribution in [0.4, 0.5) is 0 Å². The van der Waals surface area contributed by atoms with Crippen LogP contribution in [0.25, 0.3) is 0 Å². The first-order valence-corrected chi connectivity index (χ1v) is 12.9. The monoisotopic (exact) mass is 466 g/mol. The molecule has 0 aliphatic carbocycles. The van der Waals surface area contributed by atoms with Crippen LogP contribution < -0.4 is 10.0 Å². The molecule has 2 atom stereocenters. The number of amides is 2. The number of nitrogens with one attached hydrogen (secondary N) is 2. The highest BCUT2D eigenvalue weighted by atomic mass is 32.2. The third-order valence-corrected chi connectivity index (χ3v) is 7.56. The predicted molar refractivity (Wildman–Crippen MR) is 123 cm³/mol. The highest BCUT2D eigenvalue weighted by Crippen LogP contribution is 2.23. The number of rotatable bonds is 11. The number of carbonyl (C=O) groups excluding carboxylic acids is 2. The zero-order valence-electron chi connectivity index (χ0n) is 16.9. The molecular weight excluding hydrogens is 440 g/mol. The summed E-state index contributed by atoms with van der Waals surface area (Å²) >= 11 is 2.73. The van der Waals surface area contributed by atoms with E-state index >= 15 is 0 Å². The van der Waals surface area contributed by atoms with Crippen LogP contribution in [0.2, 0.25) is 0 Å². The molecule has 6 nitrogen and oxygen atoms in total. The van der Waals surface area contributed by atoms with E-state index < -0.39 is 21.2 Å². The van der Waals surface area contributed by atoms with Gasteiger partial charge in [0.25, 0.3) is 0 Å². The minimum Gasteiger partial charge on any atom is -0.355 e. The Morgan fingerprint density at radius 1 is 0.833 bits per heavy atom. The van der Waals surface area contributed by atoms with Crippen LogP contribution in [-0.2, 0) is 19.6 Å². The number of benzene rings is 2. The van der Waals surface area contributed by atoms with Gasteiger partial charge in [-0.25, -0.2) is 8.42 Å². The van der Waals surface area contributed by atoms with Crippen LogP contribution in [0.1, 0.15) is 20.3 Å². The van der Waals surface area contributed by atoms with E-state index in [1.54, 1.807) is 13.8 Å². The lowest BCUT2D eigenvalue weighted by Crippen LogP contribution is -2.38. The van der Waals surface area contributed by atoms with E-state index in [4.69, 9.17) is 0 Å². The van der Waals surface area contributed by atoms with E-state index in [9.17, 15) is 18.0 Å². The van der Waals surface area contributed by atoms with Gasteiger partial charge in [0, 0.05) is 16.3 Å². The Morgan fingerprint density at radius 3 is 1.80 bits per heavy atom. The van der Waals surface area contributed by atoms with E-state index in [0.29, 0.717) is 0 Å². The van der Waals surface area contributed by atoms with Gasteiger partial charge in [-0.05, 0) is 44.5 Å². The van der Waals surface area contributed by atoms with Gasteiger partial charge >= 0.3 is 0 Å². The second-order valence-electron chi connectivity index (χ2n) is 6.58. The molecule has 9 heteroatoms. The van der Waals surface area contributed by atoms with E-state index in [0.717, 1.165) is 9.79 Å². The summed E-state index contributed by atoms with van der Waals surface area (Å²) in [5.74, 6) is -0.943. The molecule has 162 valence electrons. The molecule has 0 spiro atoms. The third kappa shape index (κ3) is 8.81. The van der Waals surface area contributed by atoms with Crippen molar-refractivity contribution < 1.29 is 18.0 Å². The number of carbonyl (C=O) groups is 2. The van der Waals surface area contributed by atoms with Crippen molar-refractivity contribution in [1.29, 1.82) is 0 Å². The van der Waals surface area contributed by atoms with Crippen LogP contribution in [0, 0.1) is 0 Å². The molecular formula is C21H26N2O4S3. The van der Waals surface area contributed by atoms with Gasteiger partial charge < -0.3 is 5.32 Å². The third-order valence-electron chi connectivity index (χ3n) is 4.00. The van der Waals surface area contributed by atoms with Crippen molar-refractivity contribution in [1.82, 2.24) is 10.0 Å². The van der Waals surface area contributed by atoms with Gasteiger partial charge in [0.2, 0.25) is 21.8 Å². The zero-order chi connectivity index (χ0) is 22.0. The Balaban J connectivity index is 1.70. The maximum absolute atomic E-state index is 12.2. The quantitative estimate of drug-likeness (QED) is 0.390. The summed E-state index contributed by atoms with van der Waals surface area (Å²) < 4.78 is 26.4. The number of sulfonamides is 1. The summed E-state index contributed by atoms with van der Waals surface area (Å²) in [4.78, 5) is 26.2. The van der Waals surface area contributed by atoms with E-state index in [-0.39, 0.29) is 29.9 Å². The Hall–Kier alpha value is -1.97. The van der Waals surface area contributed by atoms with Crippen molar-refractivity contribution in [2.45, 2.75) is 40.6 Å². The molecule has 0 radical (unpaired) electrons. The zero-order valence-corrected chi connectivity index (χ0v) is 19.4. The van der Waals surface area contributed by atoms with Gasteiger partial charge in [-0.1, -0.05) is 36.4 Å². The molecule has 0 saturated carbocycles. The molecule has 2 aromatic carbocycles. The van der Waals surface area contributed by atoms with Gasteiger partial charge in [0.1, 0.15) is 0 Å². The summed E-state index contributed by atoms with van der Waals surface area (Å²) in [6.45, 7) is 3.69. The summed E-state index contributed by atoms with van der Waals surface area (Å²) in [5, 5.41) is 1.91. The predicted octanol–water partition coefficient (Wildman–Crippen LogP) is 3.30. The van der Waals surface area contributed by atoms with Gasteiger partial charge in [0.05, 0.1) is 16.3 Å². The lowest BCUT2D eigenvalue weighted by molar-refractivity contribution is -0.120. The molecule has 0 aliphatic rings. The lowest BCUT2D eigenvalue weighted by atomic mass is 10.4. The number of hydrogen-bond donors (Lipinski definition) is 2. The summed E-state index contributed by atoms with van der Waals surface area (Å²) in [7, 11) is -3.75. The summed E-state index contributed by atoms with van der Waals surface area (Å²) in [5.41, 5.74) is 0. The van der Waals surface area contributed by atoms with Crippen molar-refractivity contribution in [3.8, 4) is 0 Å². The highest BCUT2D eigenvalue weighted by molar-refractivity contribution is 8.01. The molecule has 30 heavy (non-hydrogen) atoms. The van der Waals surface area contributed by atoms with E-state index in [1.165, 1.54) is 23.5 Å². The average Bonchev–Trinajstić information content (AvgIpc) is 2.72. The van der Waals surface area contributed by atoms with E-state index in [2.05, 4.69) is 10.0 Å². The molecule has 2 N–H and O–H groups in total. The standard InChI is InChI=1S/C21H26N2O4S3/c1-16(28-18-10-5-3-6-11-18)20(24)22-14-9-15-30(26,27)23-21(25)17(2)29-19-12-7-4-8-13-19/h3-8,10-13,16-17H,9,14-15H2,1-2H3,(H,22,24)(H,23,25)/t16-,17+/m0/s1. The first kappa shape index (κ1) is 24.3. The van der Waals surface area contributed by atoms with Gasteiger partial charge in [-0.2, -0.15) is 0 Å². The molecule has 2 amide bonds. The van der Waals surface area contributed by atoms with Crippen LogP contribution in [-0.4, -0.2) is 43.0 Å². The molecule has 2 rings (SSSR count). The maximum Gasteiger partial charge on any atom is 0.246 e. The number of thioether (sulfide) groups is 2. The number of hydrogen-bond acceptors (Lipinski definition) is 6. The van der Waals surface area contributed by atoms with Gasteiger partial charge in [0.15, 0.2) is 0 Å². The normalized spacial score (nSPS) is 13.3.